The molecule has 0 atom stereocenters. The molecular formula is C21H27N3O4S. The highest BCUT2D eigenvalue weighted by atomic mass is 32.2. The summed E-state index contributed by atoms with van der Waals surface area (Å²) in [6.07, 6.45) is 4.95. The Hall–Kier alpha value is -2.19. The van der Waals surface area contributed by atoms with Crippen molar-refractivity contribution in [3.8, 4) is 0 Å². The van der Waals surface area contributed by atoms with Gasteiger partial charge in [-0.15, -0.1) is 0 Å². The van der Waals surface area contributed by atoms with Crippen LogP contribution in [0, 0.1) is 12.8 Å². The Labute approximate surface area is 171 Å². The Kier molecular flexibility index (Phi) is 5.48. The minimum absolute atomic E-state index is 0.0927. The highest BCUT2D eigenvalue weighted by Gasteiger charge is 2.26. The summed E-state index contributed by atoms with van der Waals surface area (Å²) in [4.78, 5) is 19.1. The number of aryl methyl sites for hydroxylation is 3. The molecule has 156 valence electrons. The van der Waals surface area contributed by atoms with Crippen molar-refractivity contribution in [1.29, 1.82) is 0 Å². The van der Waals surface area contributed by atoms with Gasteiger partial charge in [0.25, 0.3) is 5.91 Å². The Morgan fingerprint density at radius 2 is 1.97 bits per heavy atom. The lowest BCUT2D eigenvalue weighted by atomic mass is 9.99. The highest BCUT2D eigenvalue weighted by molar-refractivity contribution is 7.89. The zero-order valence-electron chi connectivity index (χ0n) is 16.9. The van der Waals surface area contributed by atoms with Crippen LogP contribution < -0.4 is 4.72 Å². The average Bonchev–Trinajstić information content (AvgIpc) is 3.32. The number of sulfonamides is 1. The smallest absolute Gasteiger partial charge is 0.276 e. The molecule has 2 aromatic rings. The summed E-state index contributed by atoms with van der Waals surface area (Å²) >= 11 is 0. The molecule has 1 aromatic heterocycles. The molecule has 1 fully saturated rings. The largest absolute Gasteiger partial charge is 0.444 e. The molecule has 1 aliphatic carbocycles. The van der Waals surface area contributed by atoms with Crippen LogP contribution in [0.5, 0.6) is 0 Å². The van der Waals surface area contributed by atoms with Crippen molar-refractivity contribution in [2.24, 2.45) is 5.92 Å². The van der Waals surface area contributed by atoms with Gasteiger partial charge in [0.05, 0.1) is 11.4 Å². The van der Waals surface area contributed by atoms with Crippen LogP contribution in [0.3, 0.4) is 0 Å². The minimum Gasteiger partial charge on any atom is -0.444 e. The number of fused-ring (bicyclic) bond motifs is 1. The maximum Gasteiger partial charge on any atom is 0.276 e. The number of hydrogen-bond acceptors (Lipinski definition) is 5. The zero-order valence-corrected chi connectivity index (χ0v) is 17.7. The zero-order chi connectivity index (χ0) is 20.6. The number of benzene rings is 1. The van der Waals surface area contributed by atoms with Crippen molar-refractivity contribution in [3.63, 3.8) is 0 Å². The van der Waals surface area contributed by atoms with Crippen LogP contribution in [-0.2, 0) is 29.4 Å². The topological polar surface area (TPSA) is 92.5 Å². The summed E-state index contributed by atoms with van der Waals surface area (Å²) in [6.45, 7) is 5.21. The number of oxazole rings is 1. The van der Waals surface area contributed by atoms with E-state index < -0.39 is 10.0 Å². The molecule has 1 N–H and O–H groups in total. The van der Waals surface area contributed by atoms with Gasteiger partial charge in [-0.2, -0.15) is 0 Å². The lowest BCUT2D eigenvalue weighted by Crippen LogP contribution is -2.38. The number of hydrogen-bond donors (Lipinski definition) is 1. The number of amides is 1. The summed E-state index contributed by atoms with van der Waals surface area (Å²) in [6, 6.07) is 5.28. The van der Waals surface area contributed by atoms with Gasteiger partial charge in [0.15, 0.2) is 5.69 Å². The Bertz CT molecular complexity index is 1020. The summed E-state index contributed by atoms with van der Waals surface area (Å²) in [5.41, 5.74) is 2.59. The van der Waals surface area contributed by atoms with Crippen molar-refractivity contribution in [2.45, 2.75) is 57.4 Å². The molecule has 29 heavy (non-hydrogen) atoms. The van der Waals surface area contributed by atoms with Gasteiger partial charge in [0.2, 0.25) is 15.9 Å². The maximum absolute atomic E-state index is 12.7. The van der Waals surface area contributed by atoms with Crippen molar-refractivity contribution in [3.05, 3.63) is 46.7 Å². The molecule has 4 rings (SSSR count). The highest BCUT2D eigenvalue weighted by Crippen LogP contribution is 2.25. The van der Waals surface area contributed by atoms with E-state index in [9.17, 15) is 13.2 Å². The Morgan fingerprint density at radius 1 is 1.24 bits per heavy atom. The fourth-order valence-electron chi connectivity index (χ4n) is 4.04. The van der Waals surface area contributed by atoms with Crippen LogP contribution in [0.25, 0.3) is 0 Å². The van der Waals surface area contributed by atoms with Gasteiger partial charge < -0.3 is 9.32 Å². The van der Waals surface area contributed by atoms with Crippen molar-refractivity contribution in [2.75, 3.05) is 13.1 Å². The second-order valence-corrected chi connectivity index (χ2v) is 9.86. The third kappa shape index (κ3) is 4.23. The number of aromatic nitrogens is 1. The first kappa shape index (κ1) is 20.1. The van der Waals surface area contributed by atoms with E-state index in [0.717, 1.165) is 37.7 Å². The number of carbonyl (C=O) groups is 1. The molecular weight excluding hydrogens is 390 g/mol. The van der Waals surface area contributed by atoms with E-state index >= 15 is 0 Å². The van der Waals surface area contributed by atoms with Gasteiger partial charge in [-0.25, -0.2) is 18.1 Å². The molecule has 7 nitrogen and oxygen atoms in total. The standard InChI is InChI=1S/C21H27N3O4S/c1-14-8-10-24(11-9-14)21(25)20-15(2)28-19(23-20)13-22-29(26,27)18-7-6-16-4-3-5-17(16)12-18/h6-7,12,14,22H,3-5,8-11,13H2,1-2H3. The summed E-state index contributed by atoms with van der Waals surface area (Å²) in [5.74, 6) is 1.09. The number of rotatable bonds is 5. The van der Waals surface area contributed by atoms with Gasteiger partial charge in [-0.05, 0) is 68.2 Å². The molecule has 1 saturated heterocycles. The summed E-state index contributed by atoms with van der Waals surface area (Å²) < 4.78 is 33.4. The van der Waals surface area contributed by atoms with Gasteiger partial charge in [0, 0.05) is 13.1 Å². The van der Waals surface area contributed by atoms with Gasteiger partial charge in [0.1, 0.15) is 5.76 Å². The van der Waals surface area contributed by atoms with E-state index in [4.69, 9.17) is 4.42 Å². The molecule has 1 aromatic carbocycles. The van der Waals surface area contributed by atoms with Crippen LogP contribution in [0.15, 0.2) is 27.5 Å². The van der Waals surface area contributed by atoms with E-state index in [0.29, 0.717) is 24.8 Å². The van der Waals surface area contributed by atoms with Crippen LogP contribution >= 0.6 is 0 Å². The molecule has 8 heteroatoms. The fraction of sp³-hybridized carbons (Fsp3) is 0.524. The maximum atomic E-state index is 12.7. The first-order valence-corrected chi connectivity index (χ1v) is 11.7. The van der Waals surface area contributed by atoms with Crippen LogP contribution in [0.1, 0.15) is 59.5 Å². The second-order valence-electron chi connectivity index (χ2n) is 8.10. The summed E-state index contributed by atoms with van der Waals surface area (Å²) in [5, 5.41) is 0. The number of carbonyl (C=O) groups excluding carboxylic acids is 1. The van der Waals surface area contributed by atoms with E-state index in [-0.39, 0.29) is 28.9 Å². The van der Waals surface area contributed by atoms with E-state index in [1.807, 2.05) is 6.07 Å². The molecule has 0 saturated carbocycles. The quantitative estimate of drug-likeness (QED) is 0.808. The molecule has 0 radical (unpaired) electrons. The number of piperidine rings is 1. The number of nitrogens with one attached hydrogen (secondary N) is 1. The molecule has 0 unspecified atom stereocenters. The van der Waals surface area contributed by atoms with Crippen molar-refractivity contribution in [1.82, 2.24) is 14.6 Å². The van der Waals surface area contributed by atoms with E-state index in [1.54, 1.807) is 24.0 Å². The van der Waals surface area contributed by atoms with Gasteiger partial charge >= 0.3 is 0 Å². The van der Waals surface area contributed by atoms with Crippen LogP contribution in [0.2, 0.25) is 0 Å². The predicted octanol–water partition coefficient (Wildman–Crippen LogP) is 2.82. The molecule has 2 aliphatic rings. The second kappa shape index (κ2) is 7.91. The van der Waals surface area contributed by atoms with Gasteiger partial charge in [-0.1, -0.05) is 13.0 Å². The van der Waals surface area contributed by atoms with E-state index in [1.165, 1.54) is 5.56 Å². The molecule has 2 heterocycles. The molecule has 0 bridgehead atoms. The minimum atomic E-state index is -3.68. The third-order valence-electron chi connectivity index (χ3n) is 5.91. The lowest BCUT2D eigenvalue weighted by molar-refractivity contribution is 0.0690. The number of likely N-dealkylation sites (tertiary alicyclic amines) is 1. The van der Waals surface area contributed by atoms with Crippen molar-refractivity contribution >= 4 is 15.9 Å². The molecule has 0 spiro atoms. The first-order valence-electron chi connectivity index (χ1n) is 10.2. The SMILES string of the molecule is Cc1oc(CNS(=O)(=O)c2ccc3c(c2)CCC3)nc1C(=O)N1CCC(C)CC1. The van der Waals surface area contributed by atoms with Crippen LogP contribution in [-0.4, -0.2) is 37.3 Å². The van der Waals surface area contributed by atoms with Crippen LogP contribution in [0.4, 0.5) is 0 Å². The summed E-state index contributed by atoms with van der Waals surface area (Å²) in [7, 11) is -3.68. The third-order valence-corrected chi connectivity index (χ3v) is 7.31. The normalized spacial score (nSPS) is 17.5. The average molecular weight is 418 g/mol. The monoisotopic (exact) mass is 417 g/mol. The Balaban J connectivity index is 1.44. The fourth-order valence-corrected chi connectivity index (χ4v) is 5.07. The Morgan fingerprint density at radius 3 is 2.72 bits per heavy atom. The lowest BCUT2D eigenvalue weighted by Gasteiger charge is -2.29. The first-order chi connectivity index (χ1) is 13.8. The van der Waals surface area contributed by atoms with Crippen molar-refractivity contribution < 1.29 is 17.6 Å². The molecule has 1 amide bonds. The molecule has 1 aliphatic heterocycles. The predicted molar refractivity (Wildman–Crippen MR) is 108 cm³/mol. The van der Waals surface area contributed by atoms with E-state index in [2.05, 4.69) is 16.6 Å². The van der Waals surface area contributed by atoms with Gasteiger partial charge in [-0.3, -0.25) is 4.79 Å². The number of nitrogens with zero attached hydrogens (tertiary/aromatic N) is 2.